The highest BCUT2D eigenvalue weighted by atomic mass is 32.1. The Labute approximate surface area is 175 Å². The van der Waals surface area contributed by atoms with Gasteiger partial charge in [-0.25, -0.2) is 0 Å². The molecule has 1 heterocycles. The molecule has 2 aromatic carbocycles. The van der Waals surface area contributed by atoms with Gasteiger partial charge >= 0.3 is 0 Å². The number of benzene rings is 2. The van der Waals surface area contributed by atoms with E-state index in [-0.39, 0.29) is 11.9 Å². The van der Waals surface area contributed by atoms with Gasteiger partial charge in [0.2, 0.25) is 5.91 Å². The van der Waals surface area contributed by atoms with E-state index >= 15 is 0 Å². The maximum atomic E-state index is 12.7. The lowest BCUT2D eigenvalue weighted by molar-refractivity contribution is -0.116. The van der Waals surface area contributed by atoms with E-state index in [4.69, 9.17) is 9.47 Å². The molecule has 5 heteroatoms. The molecule has 1 N–H and O–H groups in total. The first-order valence-electron chi connectivity index (χ1n) is 9.47. The predicted molar refractivity (Wildman–Crippen MR) is 119 cm³/mol. The normalized spacial score (nSPS) is 12.0. The van der Waals surface area contributed by atoms with Crippen molar-refractivity contribution in [3.05, 3.63) is 87.6 Å². The van der Waals surface area contributed by atoms with E-state index in [1.54, 1.807) is 31.6 Å². The van der Waals surface area contributed by atoms with Crippen molar-refractivity contribution in [2.75, 3.05) is 14.2 Å². The van der Waals surface area contributed by atoms with Crippen LogP contribution in [0.1, 0.15) is 34.5 Å². The Bertz CT molecular complexity index is 962. The molecule has 0 aliphatic heterocycles. The molecule has 0 saturated carbocycles. The Morgan fingerprint density at radius 2 is 1.90 bits per heavy atom. The van der Waals surface area contributed by atoms with Crippen molar-refractivity contribution >= 4 is 23.3 Å². The van der Waals surface area contributed by atoms with Crippen LogP contribution >= 0.6 is 11.3 Å². The second kappa shape index (κ2) is 9.94. The minimum absolute atomic E-state index is 0.173. The summed E-state index contributed by atoms with van der Waals surface area (Å²) in [5, 5.41) is 5.14. The Morgan fingerprint density at radius 1 is 1.10 bits per heavy atom. The standard InChI is InChI=1S/C24H25NO3S/c1-4-17-7-9-18(10-8-17)24(22-6-5-15-29-22)25-23(26)14-11-19-16-20(27-2)12-13-21(19)28-3/h5-16,24H,4H2,1-3H3,(H,25,26)/b14-11+/t24-/m1/s1. The van der Waals surface area contributed by atoms with Gasteiger partial charge in [-0.2, -0.15) is 0 Å². The summed E-state index contributed by atoms with van der Waals surface area (Å²) >= 11 is 1.63. The molecule has 3 aromatic rings. The number of nitrogens with one attached hydrogen (secondary N) is 1. The number of rotatable bonds is 8. The molecule has 1 atom stereocenters. The lowest BCUT2D eigenvalue weighted by atomic mass is 10.0. The number of hydrogen-bond donors (Lipinski definition) is 1. The van der Waals surface area contributed by atoms with E-state index in [0.717, 1.165) is 22.4 Å². The van der Waals surface area contributed by atoms with E-state index in [1.165, 1.54) is 11.6 Å². The average molecular weight is 408 g/mol. The van der Waals surface area contributed by atoms with Crippen LogP contribution < -0.4 is 14.8 Å². The van der Waals surface area contributed by atoms with Gasteiger partial charge in [-0.15, -0.1) is 11.3 Å². The fraction of sp³-hybridized carbons (Fsp3) is 0.208. The second-order valence-electron chi connectivity index (χ2n) is 6.49. The van der Waals surface area contributed by atoms with Gasteiger partial charge in [-0.1, -0.05) is 37.3 Å². The van der Waals surface area contributed by atoms with Crippen molar-refractivity contribution in [2.45, 2.75) is 19.4 Å². The van der Waals surface area contributed by atoms with E-state index in [0.29, 0.717) is 11.5 Å². The third kappa shape index (κ3) is 5.27. The highest BCUT2D eigenvalue weighted by Crippen LogP contribution is 2.27. The molecule has 3 rings (SSSR count). The molecule has 0 saturated heterocycles. The molecule has 0 spiro atoms. The maximum Gasteiger partial charge on any atom is 0.244 e. The number of hydrogen-bond acceptors (Lipinski definition) is 4. The SMILES string of the molecule is CCc1ccc([C@@H](NC(=O)/C=C/c2cc(OC)ccc2OC)c2cccs2)cc1. The monoisotopic (exact) mass is 407 g/mol. The predicted octanol–water partition coefficient (Wildman–Crippen LogP) is 5.25. The lowest BCUT2D eigenvalue weighted by Gasteiger charge is -2.17. The van der Waals surface area contributed by atoms with Crippen LogP contribution in [-0.4, -0.2) is 20.1 Å². The number of methoxy groups -OCH3 is 2. The average Bonchev–Trinajstić information content (AvgIpc) is 3.30. The summed E-state index contributed by atoms with van der Waals surface area (Å²) < 4.78 is 10.6. The molecule has 0 fully saturated rings. The first-order chi connectivity index (χ1) is 14.1. The zero-order valence-corrected chi connectivity index (χ0v) is 17.7. The van der Waals surface area contributed by atoms with Crippen molar-refractivity contribution in [1.29, 1.82) is 0 Å². The second-order valence-corrected chi connectivity index (χ2v) is 7.47. The first-order valence-corrected chi connectivity index (χ1v) is 10.4. The number of carbonyl (C=O) groups is 1. The van der Waals surface area contributed by atoms with Crippen molar-refractivity contribution in [3.63, 3.8) is 0 Å². The first kappa shape index (κ1) is 20.7. The summed E-state index contributed by atoms with van der Waals surface area (Å²) in [5.41, 5.74) is 3.11. The van der Waals surface area contributed by atoms with Gasteiger partial charge in [-0.3, -0.25) is 4.79 Å². The smallest absolute Gasteiger partial charge is 0.244 e. The Hall–Kier alpha value is -3.05. The molecular weight excluding hydrogens is 382 g/mol. The van der Waals surface area contributed by atoms with E-state index < -0.39 is 0 Å². The van der Waals surface area contributed by atoms with Crippen molar-refractivity contribution in [1.82, 2.24) is 5.32 Å². The molecule has 0 radical (unpaired) electrons. The Kier molecular flexibility index (Phi) is 7.09. The van der Waals surface area contributed by atoms with Gasteiger partial charge in [0.25, 0.3) is 0 Å². The number of aryl methyl sites for hydroxylation is 1. The number of thiophene rings is 1. The van der Waals surface area contributed by atoms with Crippen molar-refractivity contribution < 1.29 is 14.3 Å². The third-order valence-electron chi connectivity index (χ3n) is 4.69. The summed E-state index contributed by atoms with van der Waals surface area (Å²) in [4.78, 5) is 13.8. The van der Waals surface area contributed by atoms with Gasteiger partial charge in [0, 0.05) is 16.5 Å². The quantitative estimate of drug-likeness (QED) is 0.519. The minimum Gasteiger partial charge on any atom is -0.497 e. The maximum absolute atomic E-state index is 12.7. The fourth-order valence-corrected chi connectivity index (χ4v) is 3.85. The van der Waals surface area contributed by atoms with Gasteiger partial charge in [0.15, 0.2) is 0 Å². The Balaban J connectivity index is 1.81. The van der Waals surface area contributed by atoms with Gasteiger partial charge in [0.1, 0.15) is 11.5 Å². The summed E-state index contributed by atoms with van der Waals surface area (Å²) in [7, 11) is 3.21. The van der Waals surface area contributed by atoms with Crippen LogP contribution in [0.5, 0.6) is 11.5 Å². The van der Waals surface area contributed by atoms with Crippen LogP contribution in [0.4, 0.5) is 0 Å². The third-order valence-corrected chi connectivity index (χ3v) is 5.62. The van der Waals surface area contributed by atoms with Crippen LogP contribution in [0.2, 0.25) is 0 Å². The van der Waals surface area contributed by atoms with Crippen LogP contribution in [0.25, 0.3) is 6.08 Å². The number of amides is 1. The molecule has 0 bridgehead atoms. The molecule has 1 amide bonds. The number of ether oxygens (including phenoxy) is 2. The molecule has 0 unspecified atom stereocenters. The largest absolute Gasteiger partial charge is 0.497 e. The molecule has 1 aromatic heterocycles. The molecule has 0 aliphatic rings. The van der Waals surface area contributed by atoms with Crippen LogP contribution in [-0.2, 0) is 11.2 Å². The topological polar surface area (TPSA) is 47.6 Å². The molecular formula is C24H25NO3S. The number of carbonyl (C=O) groups excluding carboxylic acids is 1. The minimum atomic E-state index is -0.190. The van der Waals surface area contributed by atoms with Gasteiger partial charge < -0.3 is 14.8 Å². The zero-order chi connectivity index (χ0) is 20.6. The van der Waals surface area contributed by atoms with Crippen molar-refractivity contribution in [3.8, 4) is 11.5 Å². The van der Waals surface area contributed by atoms with Crippen molar-refractivity contribution in [2.24, 2.45) is 0 Å². The van der Waals surface area contributed by atoms with Crippen LogP contribution in [0.15, 0.2) is 66.1 Å². The lowest BCUT2D eigenvalue weighted by Crippen LogP contribution is -2.27. The van der Waals surface area contributed by atoms with E-state index in [1.807, 2.05) is 35.7 Å². The summed E-state index contributed by atoms with van der Waals surface area (Å²) in [6.45, 7) is 2.13. The van der Waals surface area contributed by atoms with E-state index in [2.05, 4.69) is 36.5 Å². The Morgan fingerprint density at radius 3 is 2.52 bits per heavy atom. The fourth-order valence-electron chi connectivity index (χ4n) is 3.05. The molecule has 150 valence electrons. The highest BCUT2D eigenvalue weighted by Gasteiger charge is 2.17. The van der Waals surface area contributed by atoms with Crippen LogP contribution in [0.3, 0.4) is 0 Å². The molecule has 0 aliphatic carbocycles. The van der Waals surface area contributed by atoms with E-state index in [9.17, 15) is 4.79 Å². The molecule has 4 nitrogen and oxygen atoms in total. The van der Waals surface area contributed by atoms with Crippen LogP contribution in [0, 0.1) is 0 Å². The summed E-state index contributed by atoms with van der Waals surface area (Å²) in [5.74, 6) is 1.21. The molecule has 29 heavy (non-hydrogen) atoms. The highest BCUT2D eigenvalue weighted by molar-refractivity contribution is 7.10. The van der Waals surface area contributed by atoms with Gasteiger partial charge in [-0.05, 0) is 53.3 Å². The summed E-state index contributed by atoms with van der Waals surface area (Å²) in [6, 6.07) is 17.7. The summed E-state index contributed by atoms with van der Waals surface area (Å²) in [6.07, 6.45) is 4.25. The van der Waals surface area contributed by atoms with Gasteiger partial charge in [0.05, 0.1) is 20.3 Å². The zero-order valence-electron chi connectivity index (χ0n) is 16.8.